The van der Waals surface area contributed by atoms with Crippen molar-refractivity contribution in [1.29, 1.82) is 0 Å². The molecule has 1 aromatic carbocycles. The summed E-state index contributed by atoms with van der Waals surface area (Å²) in [7, 11) is 4.12. The normalized spacial score (nSPS) is 15.1. The van der Waals surface area contributed by atoms with Crippen LogP contribution in [-0.4, -0.2) is 30.7 Å². The number of aliphatic hydroxyl groups is 1. The van der Waals surface area contributed by atoms with Crippen LogP contribution >= 0.6 is 15.9 Å². The predicted octanol–water partition coefficient (Wildman–Crippen LogP) is 3.07. The lowest BCUT2D eigenvalue weighted by Gasteiger charge is -2.31. The van der Waals surface area contributed by atoms with Crippen molar-refractivity contribution in [3.8, 4) is 0 Å². The molecule has 90 valence electrons. The Bertz CT molecular complexity index is 323. The summed E-state index contributed by atoms with van der Waals surface area (Å²) in [5.41, 5.74) is 1.24. The quantitative estimate of drug-likeness (QED) is 0.899. The number of halogens is 1. The average Bonchev–Trinajstić information content (AvgIpc) is 2.27. The van der Waals surface area contributed by atoms with Gasteiger partial charge in [-0.05, 0) is 32.1 Å². The Morgan fingerprint density at radius 3 is 2.38 bits per heavy atom. The number of hydrogen-bond acceptors (Lipinski definition) is 2. The summed E-state index contributed by atoms with van der Waals surface area (Å²) in [6.07, 6.45) is 0.973. The highest BCUT2D eigenvalue weighted by Crippen LogP contribution is 2.33. The summed E-state index contributed by atoms with van der Waals surface area (Å²) in [6.45, 7) is 2.34. The minimum Gasteiger partial charge on any atom is -0.396 e. The summed E-state index contributed by atoms with van der Waals surface area (Å²) in [5, 5.41) is 9.46. The Morgan fingerprint density at radius 1 is 1.31 bits per heavy atom. The molecular formula is C13H20BrNO. The van der Waals surface area contributed by atoms with E-state index in [0.717, 1.165) is 10.9 Å². The second kappa shape index (κ2) is 6.38. The van der Waals surface area contributed by atoms with Gasteiger partial charge in [0.15, 0.2) is 0 Å². The van der Waals surface area contributed by atoms with Crippen LogP contribution in [0.25, 0.3) is 0 Å². The van der Waals surface area contributed by atoms with Crippen LogP contribution in [0.1, 0.15) is 24.9 Å². The zero-order valence-electron chi connectivity index (χ0n) is 10.2. The molecule has 0 aromatic heterocycles. The number of benzene rings is 1. The molecule has 2 atom stereocenters. The van der Waals surface area contributed by atoms with E-state index in [0.29, 0.717) is 0 Å². The second-order valence-corrected chi connectivity index (χ2v) is 5.14. The zero-order chi connectivity index (χ0) is 12.1. The maximum atomic E-state index is 9.46. The molecule has 0 amide bonds. The Hall–Kier alpha value is -0.380. The van der Waals surface area contributed by atoms with Gasteiger partial charge in [-0.25, -0.2) is 0 Å². The van der Waals surface area contributed by atoms with Gasteiger partial charge >= 0.3 is 0 Å². The van der Waals surface area contributed by atoms with Crippen LogP contribution in [0.5, 0.6) is 0 Å². The van der Waals surface area contributed by atoms with Crippen LogP contribution in [0.4, 0.5) is 0 Å². The molecule has 1 rings (SSSR count). The van der Waals surface area contributed by atoms with Crippen LogP contribution in [0.2, 0.25) is 0 Å². The molecule has 2 unspecified atom stereocenters. The molecule has 0 fully saturated rings. The molecule has 16 heavy (non-hydrogen) atoms. The van der Waals surface area contributed by atoms with E-state index in [9.17, 15) is 5.11 Å². The highest BCUT2D eigenvalue weighted by Gasteiger charge is 2.24. The first-order chi connectivity index (χ1) is 7.61. The van der Waals surface area contributed by atoms with Crippen LogP contribution < -0.4 is 0 Å². The van der Waals surface area contributed by atoms with E-state index in [-0.39, 0.29) is 18.6 Å². The van der Waals surface area contributed by atoms with Gasteiger partial charge in [0.25, 0.3) is 0 Å². The number of nitrogens with zero attached hydrogens (tertiary/aromatic N) is 1. The number of rotatable bonds is 5. The third-order valence-electron chi connectivity index (χ3n) is 2.99. The van der Waals surface area contributed by atoms with E-state index in [1.165, 1.54) is 5.56 Å². The van der Waals surface area contributed by atoms with Gasteiger partial charge in [-0.15, -0.1) is 0 Å². The Balaban J connectivity index is 3.07. The van der Waals surface area contributed by atoms with Crippen LogP contribution in [-0.2, 0) is 0 Å². The van der Waals surface area contributed by atoms with Gasteiger partial charge in [-0.3, -0.25) is 0 Å². The third kappa shape index (κ3) is 3.06. The molecule has 0 saturated carbocycles. The van der Waals surface area contributed by atoms with E-state index >= 15 is 0 Å². The summed E-state index contributed by atoms with van der Waals surface area (Å²) in [6, 6.07) is 8.48. The molecule has 0 heterocycles. The first kappa shape index (κ1) is 13.7. The van der Waals surface area contributed by atoms with Crippen molar-refractivity contribution >= 4 is 15.9 Å². The lowest BCUT2D eigenvalue weighted by atomic mass is 9.90. The van der Waals surface area contributed by atoms with Gasteiger partial charge in [0, 0.05) is 23.0 Å². The molecule has 0 aliphatic rings. The van der Waals surface area contributed by atoms with Gasteiger partial charge in [0.05, 0.1) is 0 Å². The average molecular weight is 286 g/mol. The fourth-order valence-corrected chi connectivity index (χ4v) is 2.64. The molecule has 1 aromatic rings. The lowest BCUT2D eigenvalue weighted by molar-refractivity contribution is 0.130. The van der Waals surface area contributed by atoms with Gasteiger partial charge in [-0.2, -0.15) is 0 Å². The topological polar surface area (TPSA) is 23.5 Å². The fraction of sp³-hybridized carbons (Fsp3) is 0.538. The van der Waals surface area contributed by atoms with Crippen molar-refractivity contribution in [2.75, 3.05) is 20.7 Å². The van der Waals surface area contributed by atoms with Crippen LogP contribution in [0, 0.1) is 5.92 Å². The maximum Gasteiger partial charge on any atom is 0.0477 e. The van der Waals surface area contributed by atoms with Crippen LogP contribution in [0.15, 0.2) is 28.7 Å². The predicted molar refractivity (Wildman–Crippen MR) is 71.4 cm³/mol. The summed E-state index contributed by atoms with van der Waals surface area (Å²) in [5.74, 6) is 0.272. The smallest absolute Gasteiger partial charge is 0.0477 e. The van der Waals surface area contributed by atoms with Crippen molar-refractivity contribution in [3.05, 3.63) is 34.3 Å². The van der Waals surface area contributed by atoms with Crippen molar-refractivity contribution in [1.82, 2.24) is 4.90 Å². The molecule has 0 saturated heterocycles. The van der Waals surface area contributed by atoms with E-state index in [1.54, 1.807) is 0 Å². The first-order valence-electron chi connectivity index (χ1n) is 5.63. The van der Waals surface area contributed by atoms with Crippen molar-refractivity contribution in [2.24, 2.45) is 5.92 Å². The van der Waals surface area contributed by atoms with Gasteiger partial charge in [0.2, 0.25) is 0 Å². The summed E-state index contributed by atoms with van der Waals surface area (Å²) in [4.78, 5) is 2.17. The lowest BCUT2D eigenvalue weighted by Crippen LogP contribution is -2.29. The molecular weight excluding hydrogens is 266 g/mol. The molecule has 0 spiro atoms. The minimum absolute atomic E-state index is 0.223. The third-order valence-corrected chi connectivity index (χ3v) is 3.71. The fourth-order valence-electron chi connectivity index (χ4n) is 2.12. The van der Waals surface area contributed by atoms with E-state index in [1.807, 2.05) is 12.1 Å². The van der Waals surface area contributed by atoms with Crippen molar-refractivity contribution < 1.29 is 5.11 Å². The standard InChI is InChI=1S/C13H20BrNO/c1-4-10(9-16)13(15(2)3)11-7-5-6-8-12(11)14/h5-8,10,13,16H,4,9H2,1-3H3. The Labute approximate surface area is 106 Å². The molecule has 3 heteroatoms. The van der Waals surface area contributed by atoms with E-state index < -0.39 is 0 Å². The van der Waals surface area contributed by atoms with E-state index in [2.05, 4.69) is 54.0 Å². The largest absolute Gasteiger partial charge is 0.396 e. The SMILES string of the molecule is CCC(CO)C(c1ccccc1Br)N(C)C. The maximum absolute atomic E-state index is 9.46. The summed E-state index contributed by atoms with van der Waals surface area (Å²) >= 11 is 3.58. The van der Waals surface area contributed by atoms with E-state index in [4.69, 9.17) is 0 Å². The Morgan fingerprint density at radius 2 is 1.94 bits per heavy atom. The van der Waals surface area contributed by atoms with Crippen LogP contribution in [0.3, 0.4) is 0 Å². The number of aliphatic hydroxyl groups excluding tert-OH is 1. The monoisotopic (exact) mass is 285 g/mol. The van der Waals surface area contributed by atoms with Gasteiger partial charge in [0.1, 0.15) is 0 Å². The summed E-state index contributed by atoms with van der Waals surface area (Å²) < 4.78 is 1.11. The molecule has 0 radical (unpaired) electrons. The van der Waals surface area contributed by atoms with Crippen molar-refractivity contribution in [3.63, 3.8) is 0 Å². The molecule has 0 bridgehead atoms. The second-order valence-electron chi connectivity index (χ2n) is 4.28. The molecule has 1 N–H and O–H groups in total. The van der Waals surface area contributed by atoms with Gasteiger partial charge in [-0.1, -0.05) is 41.1 Å². The number of hydrogen-bond donors (Lipinski definition) is 1. The highest BCUT2D eigenvalue weighted by atomic mass is 79.9. The molecule has 0 aliphatic heterocycles. The minimum atomic E-state index is 0.223. The highest BCUT2D eigenvalue weighted by molar-refractivity contribution is 9.10. The molecule has 2 nitrogen and oxygen atoms in total. The Kier molecular flexibility index (Phi) is 5.46. The molecule has 0 aliphatic carbocycles. The van der Waals surface area contributed by atoms with Gasteiger partial charge < -0.3 is 10.0 Å². The van der Waals surface area contributed by atoms with Crippen molar-refractivity contribution in [2.45, 2.75) is 19.4 Å². The first-order valence-corrected chi connectivity index (χ1v) is 6.42. The zero-order valence-corrected chi connectivity index (χ0v) is 11.7.